The maximum absolute atomic E-state index is 15.6. The summed E-state index contributed by atoms with van der Waals surface area (Å²) >= 11 is 0. The highest BCUT2D eigenvalue weighted by atomic mass is 32.2. The molecular weight excluding hydrogens is 508 g/mol. The van der Waals surface area contributed by atoms with Gasteiger partial charge in [0.1, 0.15) is 11.5 Å². The van der Waals surface area contributed by atoms with Crippen molar-refractivity contribution in [1.82, 2.24) is 25.1 Å². The second-order valence-corrected chi connectivity index (χ2v) is 10.5. The zero-order chi connectivity index (χ0) is 27.3. The molecule has 0 fully saturated rings. The average Bonchev–Trinajstić information content (AvgIpc) is 3.25. The maximum Gasteiger partial charge on any atom is 0.404 e. The number of carboxylic acid groups (broad SMARTS) is 1. The Labute approximate surface area is 213 Å². The van der Waals surface area contributed by atoms with Crippen LogP contribution in [0.1, 0.15) is 40.2 Å². The van der Waals surface area contributed by atoms with Gasteiger partial charge in [-0.1, -0.05) is 6.92 Å². The smallest absolute Gasteiger partial charge is 0.404 e. The fraction of sp³-hybridized carbons (Fsp3) is 0.391. The van der Waals surface area contributed by atoms with Gasteiger partial charge in [-0.15, -0.1) is 0 Å². The second kappa shape index (κ2) is 11.5. The molecule has 11 nitrogen and oxygen atoms in total. The first kappa shape index (κ1) is 27.8. The molecule has 0 radical (unpaired) electrons. The van der Waals surface area contributed by atoms with Gasteiger partial charge in [0, 0.05) is 36.6 Å². The number of halogens is 2. The standard InChI is InChI=1S/C23H29F2N7O4S/c1-5-10-37(35,36)31-18-7-6-16(24)19(20(18)25)21-15(12-32(30-21)13(2)3)17-8-9-26-22(29-17)27-11-14(4)28-23(33)34/h6-9,12-14,28,31H,5,10-11H2,1-4H3,(H,33,34)(H,26,27,29)/t14-/m0/s1. The molecule has 2 heterocycles. The van der Waals surface area contributed by atoms with Crippen molar-refractivity contribution in [3.63, 3.8) is 0 Å². The minimum Gasteiger partial charge on any atom is -0.465 e. The minimum absolute atomic E-state index is 0.0641. The van der Waals surface area contributed by atoms with E-state index in [1.54, 1.807) is 26.1 Å². The van der Waals surface area contributed by atoms with Crippen LogP contribution in [-0.4, -0.2) is 57.7 Å². The largest absolute Gasteiger partial charge is 0.465 e. The Bertz CT molecular complexity index is 1380. The summed E-state index contributed by atoms with van der Waals surface area (Å²) < 4.78 is 58.7. The van der Waals surface area contributed by atoms with Crippen molar-refractivity contribution in [3.05, 3.63) is 42.2 Å². The predicted octanol–water partition coefficient (Wildman–Crippen LogP) is 4.09. The Morgan fingerprint density at radius 3 is 2.57 bits per heavy atom. The minimum atomic E-state index is -3.83. The van der Waals surface area contributed by atoms with Gasteiger partial charge in [-0.25, -0.2) is 32.0 Å². The number of amides is 1. The van der Waals surface area contributed by atoms with Crippen molar-refractivity contribution in [2.24, 2.45) is 0 Å². The lowest BCUT2D eigenvalue weighted by molar-refractivity contribution is 0.191. The average molecular weight is 538 g/mol. The number of aromatic nitrogens is 4. The molecule has 0 aliphatic carbocycles. The highest BCUT2D eigenvalue weighted by Crippen LogP contribution is 2.37. The number of sulfonamides is 1. The third-order valence-corrected chi connectivity index (χ3v) is 6.67. The van der Waals surface area contributed by atoms with E-state index in [9.17, 15) is 13.2 Å². The van der Waals surface area contributed by atoms with Crippen molar-refractivity contribution in [2.45, 2.75) is 46.2 Å². The SMILES string of the molecule is CCCS(=O)(=O)Nc1ccc(F)c(-c2nn(C(C)C)cc2-c2ccnc(NC[C@H](C)NC(=O)O)n2)c1F. The number of hydrogen-bond acceptors (Lipinski definition) is 7. The van der Waals surface area contributed by atoms with Crippen molar-refractivity contribution in [1.29, 1.82) is 0 Å². The van der Waals surface area contributed by atoms with Crippen LogP contribution in [0.25, 0.3) is 22.5 Å². The molecule has 2 aromatic heterocycles. The molecule has 3 aromatic rings. The van der Waals surface area contributed by atoms with Crippen LogP contribution >= 0.6 is 0 Å². The molecule has 200 valence electrons. The van der Waals surface area contributed by atoms with Crippen LogP contribution in [0.3, 0.4) is 0 Å². The van der Waals surface area contributed by atoms with E-state index in [1.807, 2.05) is 13.8 Å². The number of carbonyl (C=O) groups is 1. The van der Waals surface area contributed by atoms with E-state index in [-0.39, 0.29) is 35.7 Å². The van der Waals surface area contributed by atoms with Gasteiger partial charge in [-0.05, 0) is 45.4 Å². The Kier molecular flexibility index (Phi) is 8.63. The molecule has 0 aliphatic heterocycles. The Morgan fingerprint density at radius 1 is 1.19 bits per heavy atom. The number of rotatable bonds is 11. The summed E-state index contributed by atoms with van der Waals surface area (Å²) in [5, 5.41) is 18.4. The fourth-order valence-corrected chi connectivity index (χ4v) is 4.60. The van der Waals surface area contributed by atoms with Crippen LogP contribution in [0.2, 0.25) is 0 Å². The topological polar surface area (TPSA) is 151 Å². The molecule has 0 saturated carbocycles. The lowest BCUT2D eigenvalue weighted by atomic mass is 10.0. The fourth-order valence-electron chi connectivity index (χ4n) is 3.46. The molecule has 3 rings (SSSR count). The van der Waals surface area contributed by atoms with Gasteiger partial charge in [0.05, 0.1) is 22.7 Å². The Morgan fingerprint density at radius 2 is 1.92 bits per heavy atom. The summed E-state index contributed by atoms with van der Waals surface area (Å²) in [5.74, 6) is -2.08. The molecule has 0 spiro atoms. The first-order chi connectivity index (χ1) is 17.4. The summed E-state index contributed by atoms with van der Waals surface area (Å²) in [6, 6.07) is 2.95. The highest BCUT2D eigenvalue weighted by Gasteiger charge is 2.25. The van der Waals surface area contributed by atoms with Crippen molar-refractivity contribution < 1.29 is 27.1 Å². The predicted molar refractivity (Wildman–Crippen MR) is 136 cm³/mol. The molecule has 37 heavy (non-hydrogen) atoms. The summed E-state index contributed by atoms with van der Waals surface area (Å²) in [5.41, 5.74) is -0.361. The van der Waals surface area contributed by atoms with E-state index < -0.39 is 39.4 Å². The Hall–Kier alpha value is -3.81. The molecule has 14 heteroatoms. The first-order valence-corrected chi connectivity index (χ1v) is 13.2. The van der Waals surface area contributed by atoms with E-state index in [4.69, 9.17) is 5.11 Å². The number of benzene rings is 1. The van der Waals surface area contributed by atoms with Crippen molar-refractivity contribution in [3.8, 4) is 22.5 Å². The molecule has 1 atom stereocenters. The molecule has 0 unspecified atom stereocenters. The van der Waals surface area contributed by atoms with Crippen molar-refractivity contribution in [2.75, 3.05) is 22.3 Å². The van der Waals surface area contributed by atoms with Gasteiger partial charge in [0.25, 0.3) is 0 Å². The zero-order valence-electron chi connectivity index (χ0n) is 20.8. The number of hydrogen-bond donors (Lipinski definition) is 4. The Balaban J connectivity index is 2.06. The van der Waals surface area contributed by atoms with E-state index in [2.05, 4.69) is 30.4 Å². The van der Waals surface area contributed by atoms with Gasteiger partial charge >= 0.3 is 6.09 Å². The van der Waals surface area contributed by atoms with Gasteiger partial charge < -0.3 is 15.7 Å². The first-order valence-electron chi connectivity index (χ1n) is 11.6. The van der Waals surface area contributed by atoms with E-state index in [1.165, 1.54) is 10.9 Å². The van der Waals surface area contributed by atoms with E-state index >= 15 is 8.78 Å². The quantitative estimate of drug-likeness (QED) is 0.286. The monoisotopic (exact) mass is 537 g/mol. The molecular formula is C23H29F2N7O4S. The number of nitrogens with zero attached hydrogens (tertiary/aromatic N) is 4. The maximum atomic E-state index is 15.6. The number of nitrogens with one attached hydrogen (secondary N) is 3. The van der Waals surface area contributed by atoms with Gasteiger partial charge in [0.2, 0.25) is 16.0 Å². The second-order valence-electron chi connectivity index (χ2n) is 8.67. The molecule has 1 amide bonds. The summed E-state index contributed by atoms with van der Waals surface area (Å²) in [4.78, 5) is 19.3. The van der Waals surface area contributed by atoms with Gasteiger partial charge in [-0.2, -0.15) is 5.10 Å². The van der Waals surface area contributed by atoms with Crippen LogP contribution in [-0.2, 0) is 10.0 Å². The molecule has 0 saturated heterocycles. The lowest BCUT2D eigenvalue weighted by Crippen LogP contribution is -2.36. The summed E-state index contributed by atoms with van der Waals surface area (Å²) in [6.07, 6.45) is 2.19. The zero-order valence-corrected chi connectivity index (χ0v) is 21.6. The van der Waals surface area contributed by atoms with Gasteiger partial charge in [0.15, 0.2) is 5.82 Å². The van der Waals surface area contributed by atoms with Gasteiger partial charge in [-0.3, -0.25) is 9.40 Å². The molecule has 4 N–H and O–H groups in total. The van der Waals surface area contributed by atoms with Crippen LogP contribution in [0.15, 0.2) is 30.6 Å². The van der Waals surface area contributed by atoms with Crippen LogP contribution in [0, 0.1) is 11.6 Å². The van der Waals surface area contributed by atoms with Crippen molar-refractivity contribution >= 4 is 27.8 Å². The van der Waals surface area contributed by atoms with Crippen LogP contribution < -0.4 is 15.4 Å². The van der Waals surface area contributed by atoms with E-state index in [0.29, 0.717) is 17.7 Å². The summed E-state index contributed by atoms with van der Waals surface area (Å²) in [7, 11) is -3.83. The molecule has 0 aliphatic rings. The summed E-state index contributed by atoms with van der Waals surface area (Å²) in [6.45, 7) is 7.20. The van der Waals surface area contributed by atoms with Crippen LogP contribution in [0.4, 0.5) is 25.2 Å². The normalized spacial score (nSPS) is 12.4. The molecule has 0 bridgehead atoms. The number of anilines is 2. The third kappa shape index (κ3) is 6.90. The van der Waals surface area contributed by atoms with Crippen LogP contribution in [0.5, 0.6) is 0 Å². The molecule has 1 aromatic carbocycles. The lowest BCUT2D eigenvalue weighted by Gasteiger charge is -2.13. The third-order valence-electron chi connectivity index (χ3n) is 5.20. The highest BCUT2D eigenvalue weighted by molar-refractivity contribution is 7.92. The van der Waals surface area contributed by atoms with E-state index in [0.717, 1.165) is 12.1 Å².